The highest BCUT2D eigenvalue weighted by molar-refractivity contribution is 6.30. The molecule has 0 bridgehead atoms. The van der Waals surface area contributed by atoms with Crippen molar-refractivity contribution in [3.05, 3.63) is 70.5 Å². The van der Waals surface area contributed by atoms with E-state index in [4.69, 9.17) is 11.6 Å². The molecule has 0 amide bonds. The molecule has 0 saturated carbocycles. The highest BCUT2D eigenvalue weighted by atomic mass is 35.5. The highest BCUT2D eigenvalue weighted by Gasteiger charge is 2.36. The van der Waals surface area contributed by atoms with Crippen molar-refractivity contribution in [1.82, 2.24) is 4.57 Å². The zero-order valence-electron chi connectivity index (χ0n) is 16.4. The quantitative estimate of drug-likeness (QED) is 0.591. The van der Waals surface area contributed by atoms with E-state index in [0.717, 1.165) is 40.9 Å². The predicted octanol–water partition coefficient (Wildman–Crippen LogP) is 5.99. The van der Waals surface area contributed by atoms with Crippen LogP contribution in [0.15, 0.2) is 48.5 Å². The number of carbonyl (C=O) groups is 1. The molecule has 2 heterocycles. The number of fused-ring (bicyclic) bond motifs is 1. The van der Waals surface area contributed by atoms with Crippen LogP contribution in [0.4, 0.5) is 0 Å². The molecule has 0 radical (unpaired) electrons. The van der Waals surface area contributed by atoms with E-state index in [1.807, 2.05) is 24.3 Å². The van der Waals surface area contributed by atoms with Crippen LogP contribution in [0.25, 0.3) is 22.3 Å². The Morgan fingerprint density at radius 1 is 1.04 bits per heavy atom. The standard InChI is InChI=1S/C24H24ClNO2/c1-15-4-6-16(7-5-15)23-20-13-24(2,3)14-26(20)19(12-21(27)28)22(23)17-8-10-18(25)11-9-17/h4-11H,12-14H2,1-3H3,(H,27,28). The van der Waals surface area contributed by atoms with E-state index < -0.39 is 5.97 Å². The summed E-state index contributed by atoms with van der Waals surface area (Å²) in [5.74, 6) is -0.810. The molecule has 4 heteroatoms. The fraction of sp³-hybridized carbons (Fsp3) is 0.292. The second kappa shape index (κ2) is 6.82. The number of aryl methyl sites for hydroxylation is 1. The molecule has 0 aliphatic carbocycles. The number of nitrogens with zero attached hydrogens (tertiary/aromatic N) is 1. The number of rotatable bonds is 4. The smallest absolute Gasteiger partial charge is 0.309 e. The first-order valence-electron chi connectivity index (χ1n) is 9.54. The maximum atomic E-state index is 11.7. The zero-order valence-corrected chi connectivity index (χ0v) is 17.2. The Kier molecular flexibility index (Phi) is 4.59. The maximum absolute atomic E-state index is 11.7. The minimum Gasteiger partial charge on any atom is -0.481 e. The fourth-order valence-electron chi connectivity index (χ4n) is 4.32. The minimum absolute atomic E-state index is 0.00685. The first-order valence-corrected chi connectivity index (χ1v) is 9.92. The molecule has 3 aromatic rings. The van der Waals surface area contributed by atoms with E-state index in [1.165, 1.54) is 11.3 Å². The molecule has 0 fully saturated rings. The van der Waals surface area contributed by atoms with Crippen LogP contribution in [-0.4, -0.2) is 15.6 Å². The molecule has 2 aromatic carbocycles. The first kappa shape index (κ1) is 18.8. The third-order valence-corrected chi connectivity index (χ3v) is 5.75. The molecule has 4 rings (SSSR count). The van der Waals surface area contributed by atoms with Crippen molar-refractivity contribution >= 4 is 17.6 Å². The minimum atomic E-state index is -0.810. The number of carboxylic acid groups (broad SMARTS) is 1. The largest absolute Gasteiger partial charge is 0.481 e. The van der Waals surface area contributed by atoms with Crippen LogP contribution in [0.1, 0.15) is 30.8 Å². The lowest BCUT2D eigenvalue weighted by atomic mass is 9.86. The Morgan fingerprint density at radius 3 is 2.21 bits per heavy atom. The van der Waals surface area contributed by atoms with Gasteiger partial charge in [0, 0.05) is 34.1 Å². The molecule has 3 nitrogen and oxygen atoms in total. The molecule has 28 heavy (non-hydrogen) atoms. The van der Waals surface area contributed by atoms with E-state index in [0.29, 0.717) is 5.02 Å². The van der Waals surface area contributed by atoms with Crippen LogP contribution in [0.5, 0.6) is 0 Å². The summed E-state index contributed by atoms with van der Waals surface area (Å²) in [6, 6.07) is 16.2. The fourth-order valence-corrected chi connectivity index (χ4v) is 4.45. The third-order valence-electron chi connectivity index (χ3n) is 5.50. The third kappa shape index (κ3) is 3.35. The van der Waals surface area contributed by atoms with E-state index in [9.17, 15) is 9.90 Å². The Labute approximate surface area is 170 Å². The van der Waals surface area contributed by atoms with Crippen molar-refractivity contribution < 1.29 is 9.90 Å². The lowest BCUT2D eigenvalue weighted by molar-refractivity contribution is -0.136. The Bertz CT molecular complexity index is 1040. The number of aromatic nitrogens is 1. The summed E-state index contributed by atoms with van der Waals surface area (Å²) in [6.45, 7) is 7.39. The Balaban J connectivity index is 2.03. The molecular formula is C24H24ClNO2. The Morgan fingerprint density at radius 2 is 1.61 bits per heavy atom. The number of hydrogen-bond donors (Lipinski definition) is 1. The molecule has 0 spiro atoms. The van der Waals surface area contributed by atoms with Gasteiger partial charge in [-0.05, 0) is 42.0 Å². The van der Waals surface area contributed by atoms with Gasteiger partial charge in [-0.3, -0.25) is 4.79 Å². The van der Waals surface area contributed by atoms with Gasteiger partial charge in [0.2, 0.25) is 0 Å². The molecule has 0 saturated heterocycles. The number of benzene rings is 2. The summed E-state index contributed by atoms with van der Waals surface area (Å²) in [6.07, 6.45) is 0.934. The average molecular weight is 394 g/mol. The maximum Gasteiger partial charge on any atom is 0.309 e. The van der Waals surface area contributed by atoms with Crippen LogP contribution in [-0.2, 0) is 24.2 Å². The van der Waals surface area contributed by atoms with Gasteiger partial charge in [-0.1, -0.05) is 67.4 Å². The van der Waals surface area contributed by atoms with Gasteiger partial charge in [-0.15, -0.1) is 0 Å². The first-order chi connectivity index (χ1) is 13.2. The van der Waals surface area contributed by atoms with Gasteiger partial charge >= 0.3 is 5.97 Å². The van der Waals surface area contributed by atoms with Crippen molar-refractivity contribution in [1.29, 1.82) is 0 Å². The van der Waals surface area contributed by atoms with Crippen molar-refractivity contribution in [3.63, 3.8) is 0 Å². The van der Waals surface area contributed by atoms with E-state index >= 15 is 0 Å². The highest BCUT2D eigenvalue weighted by Crippen LogP contribution is 2.47. The number of halogens is 1. The lowest BCUT2D eigenvalue weighted by Crippen LogP contribution is -2.15. The van der Waals surface area contributed by atoms with E-state index in [1.54, 1.807) is 0 Å². The van der Waals surface area contributed by atoms with E-state index in [2.05, 4.69) is 49.6 Å². The van der Waals surface area contributed by atoms with Crippen LogP contribution in [0.2, 0.25) is 5.02 Å². The number of aliphatic carboxylic acids is 1. The van der Waals surface area contributed by atoms with Crippen molar-refractivity contribution in [2.24, 2.45) is 5.41 Å². The summed E-state index contributed by atoms with van der Waals surface area (Å²) >= 11 is 6.11. The van der Waals surface area contributed by atoms with Crippen molar-refractivity contribution in [2.75, 3.05) is 0 Å². The monoisotopic (exact) mass is 393 g/mol. The topological polar surface area (TPSA) is 42.2 Å². The Hall–Kier alpha value is -2.52. The zero-order chi connectivity index (χ0) is 20.1. The molecule has 0 atom stereocenters. The second-order valence-corrected chi connectivity index (χ2v) is 8.95. The average Bonchev–Trinajstić information content (AvgIpc) is 3.07. The molecule has 1 aliphatic heterocycles. The second-order valence-electron chi connectivity index (χ2n) is 8.51. The van der Waals surface area contributed by atoms with Gasteiger partial charge in [-0.25, -0.2) is 0 Å². The summed E-state index contributed by atoms with van der Waals surface area (Å²) < 4.78 is 2.24. The van der Waals surface area contributed by atoms with Gasteiger partial charge < -0.3 is 9.67 Å². The molecule has 144 valence electrons. The van der Waals surface area contributed by atoms with Gasteiger partial charge in [-0.2, -0.15) is 0 Å². The van der Waals surface area contributed by atoms with Gasteiger partial charge in [0.1, 0.15) is 0 Å². The molecular weight excluding hydrogens is 370 g/mol. The van der Waals surface area contributed by atoms with Crippen molar-refractivity contribution in [3.8, 4) is 22.3 Å². The van der Waals surface area contributed by atoms with Gasteiger partial charge in [0.25, 0.3) is 0 Å². The number of hydrogen-bond acceptors (Lipinski definition) is 1. The molecule has 1 aliphatic rings. The van der Waals surface area contributed by atoms with Crippen LogP contribution in [0.3, 0.4) is 0 Å². The summed E-state index contributed by atoms with van der Waals surface area (Å²) in [5.41, 5.74) is 7.75. The summed E-state index contributed by atoms with van der Waals surface area (Å²) in [5, 5.41) is 10.3. The van der Waals surface area contributed by atoms with Crippen LogP contribution in [0, 0.1) is 12.3 Å². The van der Waals surface area contributed by atoms with Crippen molar-refractivity contribution in [2.45, 2.75) is 40.2 Å². The normalized spacial score (nSPS) is 14.9. The number of carboxylic acids is 1. The molecule has 0 unspecified atom stereocenters. The molecule has 1 N–H and O–H groups in total. The van der Waals surface area contributed by atoms with Crippen LogP contribution >= 0.6 is 11.6 Å². The summed E-state index contributed by atoms with van der Waals surface area (Å²) in [7, 11) is 0. The van der Waals surface area contributed by atoms with E-state index in [-0.39, 0.29) is 11.8 Å². The van der Waals surface area contributed by atoms with Gasteiger partial charge in [0.15, 0.2) is 0 Å². The van der Waals surface area contributed by atoms with Gasteiger partial charge in [0.05, 0.1) is 6.42 Å². The summed E-state index contributed by atoms with van der Waals surface area (Å²) in [4.78, 5) is 11.7. The molecule has 1 aromatic heterocycles. The lowest BCUT2D eigenvalue weighted by Gasteiger charge is -2.18. The predicted molar refractivity (Wildman–Crippen MR) is 114 cm³/mol. The van der Waals surface area contributed by atoms with Crippen LogP contribution < -0.4 is 0 Å². The SMILES string of the molecule is Cc1ccc(-c2c(-c3ccc(Cl)cc3)c(CC(=O)O)n3c2CC(C)(C)C3)cc1.